The molecule has 0 fully saturated rings. The van der Waals surface area contributed by atoms with Gasteiger partial charge in [0, 0.05) is 18.2 Å². The van der Waals surface area contributed by atoms with Gasteiger partial charge in [-0.05, 0) is 24.3 Å². The molecule has 16 heavy (non-hydrogen) atoms. The molecule has 0 aliphatic carbocycles. The van der Waals surface area contributed by atoms with Crippen LogP contribution >= 0.6 is 0 Å². The van der Waals surface area contributed by atoms with Crippen LogP contribution in [0.15, 0.2) is 29.2 Å². The van der Waals surface area contributed by atoms with Crippen LogP contribution in [0.5, 0.6) is 0 Å². The lowest BCUT2D eigenvalue weighted by Gasteiger charge is -2.08. The Kier molecular flexibility index (Phi) is 2.63. The molecule has 0 saturated carbocycles. The second-order valence-electron chi connectivity index (χ2n) is 3.73. The summed E-state index contributed by atoms with van der Waals surface area (Å²) in [6.07, 6.45) is 3.94. The van der Waals surface area contributed by atoms with Crippen molar-refractivity contribution in [3.05, 3.63) is 29.8 Å². The number of nitrogen functional groups attached to an aromatic ring is 1. The lowest BCUT2D eigenvalue weighted by atomic mass is 10.1. The molecule has 2 rings (SSSR count). The van der Waals surface area contributed by atoms with Gasteiger partial charge in [0.25, 0.3) is 0 Å². The lowest BCUT2D eigenvalue weighted by Crippen LogP contribution is -2.03. The standard InChI is InChI=1S/C11H13NO3S/c1-16(13,14)11-7-8(4-5-9(11)12)10-3-2-6-15-10/h3-5,7H,2,6,12H2,1H3. The molecule has 2 N–H and O–H groups in total. The van der Waals surface area contributed by atoms with E-state index in [1.807, 2.05) is 6.08 Å². The van der Waals surface area contributed by atoms with E-state index in [2.05, 4.69) is 0 Å². The summed E-state index contributed by atoms with van der Waals surface area (Å²) in [6, 6.07) is 4.91. The summed E-state index contributed by atoms with van der Waals surface area (Å²) in [5.74, 6) is 0.727. The van der Waals surface area contributed by atoms with E-state index in [-0.39, 0.29) is 10.6 Å². The van der Waals surface area contributed by atoms with Gasteiger partial charge in [-0.1, -0.05) is 0 Å². The fourth-order valence-corrected chi connectivity index (χ4v) is 2.46. The first-order chi connectivity index (χ1) is 7.48. The molecule has 1 aromatic rings. The molecule has 1 aliphatic rings. The molecule has 4 nitrogen and oxygen atoms in total. The van der Waals surface area contributed by atoms with Crippen LogP contribution in [-0.2, 0) is 14.6 Å². The van der Waals surface area contributed by atoms with Crippen molar-refractivity contribution in [3.8, 4) is 0 Å². The third kappa shape index (κ3) is 2.04. The number of nitrogens with two attached hydrogens (primary N) is 1. The Morgan fingerprint density at radius 1 is 1.38 bits per heavy atom. The van der Waals surface area contributed by atoms with Crippen LogP contribution in [0.1, 0.15) is 12.0 Å². The quantitative estimate of drug-likeness (QED) is 0.793. The summed E-state index contributed by atoms with van der Waals surface area (Å²) < 4.78 is 28.3. The van der Waals surface area contributed by atoms with Crippen molar-refractivity contribution in [1.29, 1.82) is 0 Å². The lowest BCUT2D eigenvalue weighted by molar-refractivity contribution is 0.307. The Morgan fingerprint density at radius 3 is 2.69 bits per heavy atom. The van der Waals surface area contributed by atoms with Crippen LogP contribution in [0.4, 0.5) is 5.69 Å². The van der Waals surface area contributed by atoms with Gasteiger partial charge in [-0.15, -0.1) is 0 Å². The maximum atomic E-state index is 11.5. The van der Waals surface area contributed by atoms with Crippen molar-refractivity contribution in [3.63, 3.8) is 0 Å². The van der Waals surface area contributed by atoms with Gasteiger partial charge < -0.3 is 10.5 Å². The number of rotatable bonds is 2. The molecular weight excluding hydrogens is 226 g/mol. The van der Waals surface area contributed by atoms with E-state index in [1.54, 1.807) is 18.2 Å². The number of sulfone groups is 1. The normalized spacial score (nSPS) is 15.7. The van der Waals surface area contributed by atoms with E-state index in [0.717, 1.165) is 24.0 Å². The van der Waals surface area contributed by atoms with Gasteiger partial charge in [0.15, 0.2) is 9.84 Å². The van der Waals surface area contributed by atoms with E-state index < -0.39 is 9.84 Å². The van der Waals surface area contributed by atoms with Crippen molar-refractivity contribution in [2.45, 2.75) is 11.3 Å². The first-order valence-electron chi connectivity index (χ1n) is 4.91. The highest BCUT2D eigenvalue weighted by Crippen LogP contribution is 2.27. The summed E-state index contributed by atoms with van der Waals surface area (Å²) in [5, 5.41) is 0. The average Bonchev–Trinajstić information content (AvgIpc) is 2.69. The molecule has 0 unspecified atom stereocenters. The van der Waals surface area contributed by atoms with Gasteiger partial charge in [0.1, 0.15) is 5.76 Å². The predicted octanol–water partition coefficient (Wildman–Crippen LogP) is 1.43. The second-order valence-corrected chi connectivity index (χ2v) is 5.71. The van der Waals surface area contributed by atoms with Crippen molar-refractivity contribution in [1.82, 2.24) is 0 Å². The van der Waals surface area contributed by atoms with E-state index >= 15 is 0 Å². The van der Waals surface area contributed by atoms with Crippen molar-refractivity contribution in [2.24, 2.45) is 0 Å². The zero-order valence-electron chi connectivity index (χ0n) is 8.93. The van der Waals surface area contributed by atoms with E-state index in [4.69, 9.17) is 10.5 Å². The molecule has 0 amide bonds. The Balaban J connectivity index is 2.51. The van der Waals surface area contributed by atoms with E-state index in [0.29, 0.717) is 6.61 Å². The van der Waals surface area contributed by atoms with Gasteiger partial charge in [0.05, 0.1) is 17.2 Å². The molecule has 1 aromatic carbocycles. The SMILES string of the molecule is CS(=O)(=O)c1cc(C2=CCCO2)ccc1N. The number of hydrogen-bond donors (Lipinski definition) is 1. The third-order valence-corrected chi connectivity index (χ3v) is 3.56. The molecular formula is C11H13NO3S. The van der Waals surface area contributed by atoms with Crippen LogP contribution in [-0.4, -0.2) is 21.3 Å². The number of ether oxygens (including phenoxy) is 1. The largest absolute Gasteiger partial charge is 0.493 e. The minimum absolute atomic E-state index is 0.154. The topological polar surface area (TPSA) is 69.4 Å². The summed E-state index contributed by atoms with van der Waals surface area (Å²) in [5.41, 5.74) is 6.66. The monoisotopic (exact) mass is 239 g/mol. The molecule has 0 atom stereocenters. The van der Waals surface area contributed by atoms with Crippen LogP contribution in [0.2, 0.25) is 0 Å². The molecule has 0 spiro atoms. The zero-order chi connectivity index (χ0) is 11.8. The first kappa shape index (κ1) is 11.0. The molecule has 1 heterocycles. The maximum absolute atomic E-state index is 11.5. The summed E-state index contributed by atoms with van der Waals surface area (Å²) in [7, 11) is -3.29. The molecule has 1 aliphatic heterocycles. The number of anilines is 1. The minimum Gasteiger partial charge on any atom is -0.493 e. The third-order valence-electron chi connectivity index (χ3n) is 2.40. The van der Waals surface area contributed by atoms with Gasteiger partial charge in [-0.2, -0.15) is 0 Å². The van der Waals surface area contributed by atoms with Gasteiger partial charge in [-0.3, -0.25) is 0 Å². The van der Waals surface area contributed by atoms with Crippen LogP contribution in [0.25, 0.3) is 5.76 Å². The van der Waals surface area contributed by atoms with Gasteiger partial charge >= 0.3 is 0 Å². The predicted molar refractivity (Wildman–Crippen MR) is 62.5 cm³/mol. The van der Waals surface area contributed by atoms with Crippen LogP contribution < -0.4 is 5.73 Å². The molecule has 0 aromatic heterocycles. The molecule has 0 radical (unpaired) electrons. The van der Waals surface area contributed by atoms with Gasteiger partial charge in [-0.25, -0.2) is 8.42 Å². The molecule has 0 saturated heterocycles. The molecule has 86 valence electrons. The number of hydrogen-bond acceptors (Lipinski definition) is 4. The Labute approximate surface area is 94.6 Å². The fourth-order valence-electron chi connectivity index (χ4n) is 1.63. The summed E-state index contributed by atoms with van der Waals surface area (Å²) in [4.78, 5) is 0.154. The first-order valence-corrected chi connectivity index (χ1v) is 6.80. The smallest absolute Gasteiger partial charge is 0.177 e. The van der Waals surface area contributed by atoms with E-state index in [9.17, 15) is 8.42 Å². The second kappa shape index (κ2) is 3.83. The Hall–Kier alpha value is -1.49. The highest BCUT2D eigenvalue weighted by atomic mass is 32.2. The van der Waals surface area contributed by atoms with Crippen LogP contribution in [0.3, 0.4) is 0 Å². The highest BCUT2D eigenvalue weighted by Gasteiger charge is 2.15. The Bertz CT molecular complexity index is 546. The van der Waals surface area contributed by atoms with E-state index in [1.165, 1.54) is 0 Å². The van der Waals surface area contributed by atoms with Crippen LogP contribution in [0, 0.1) is 0 Å². The summed E-state index contributed by atoms with van der Waals surface area (Å²) >= 11 is 0. The minimum atomic E-state index is -3.29. The average molecular weight is 239 g/mol. The molecule has 5 heteroatoms. The number of benzene rings is 1. The maximum Gasteiger partial charge on any atom is 0.177 e. The van der Waals surface area contributed by atoms with Gasteiger partial charge in [0.2, 0.25) is 0 Å². The Morgan fingerprint density at radius 2 is 2.12 bits per heavy atom. The fraction of sp³-hybridized carbons (Fsp3) is 0.273. The van der Waals surface area contributed by atoms with Crippen molar-refractivity contribution >= 4 is 21.3 Å². The summed E-state index contributed by atoms with van der Waals surface area (Å²) in [6.45, 7) is 0.647. The highest BCUT2D eigenvalue weighted by molar-refractivity contribution is 7.90. The molecule has 0 bridgehead atoms. The van der Waals surface area contributed by atoms with Crippen molar-refractivity contribution < 1.29 is 13.2 Å². The van der Waals surface area contributed by atoms with Crippen molar-refractivity contribution in [2.75, 3.05) is 18.6 Å². The zero-order valence-corrected chi connectivity index (χ0v) is 9.75.